The van der Waals surface area contributed by atoms with Gasteiger partial charge in [-0.15, -0.1) is 0 Å². The number of pyridine rings is 1. The van der Waals surface area contributed by atoms with Crippen LogP contribution in [-0.4, -0.2) is 53.1 Å². The third kappa shape index (κ3) is 7.75. The Kier molecular flexibility index (Phi) is 9.63. The number of phenolic OH excluding ortho intramolecular Hbond substituents is 1. The molecule has 0 aliphatic carbocycles. The number of nitrogens with zero attached hydrogens (tertiary/aromatic N) is 3. The van der Waals surface area contributed by atoms with E-state index < -0.39 is 15.4 Å². The van der Waals surface area contributed by atoms with Gasteiger partial charge in [-0.3, -0.25) is 9.13 Å². The molecule has 0 aliphatic heterocycles. The number of thioether (sulfide) groups is 1. The SMILES string of the molecule is CCOP(C)(=O)CSc1nc2nc(-c3ccc(-c4ccccc4O)cc3)c(Cl)cc2n1COCC[Si](C)(C)C. The van der Waals surface area contributed by atoms with E-state index in [1.165, 1.54) is 11.8 Å². The zero-order valence-electron chi connectivity index (χ0n) is 23.0. The summed E-state index contributed by atoms with van der Waals surface area (Å²) in [7, 11) is -4.00. The number of hydrogen-bond donors (Lipinski definition) is 1. The highest BCUT2D eigenvalue weighted by Gasteiger charge is 2.21. The van der Waals surface area contributed by atoms with Crippen molar-refractivity contribution in [2.24, 2.45) is 0 Å². The fourth-order valence-electron chi connectivity index (χ4n) is 3.99. The van der Waals surface area contributed by atoms with E-state index >= 15 is 0 Å². The maximum absolute atomic E-state index is 12.8. The largest absolute Gasteiger partial charge is 0.507 e. The van der Waals surface area contributed by atoms with E-state index in [0.717, 1.165) is 28.3 Å². The molecule has 1 atom stereocenters. The first-order valence-electron chi connectivity index (χ1n) is 12.8. The molecule has 0 spiro atoms. The normalized spacial score (nSPS) is 13.6. The number of aromatic nitrogens is 3. The van der Waals surface area contributed by atoms with E-state index in [0.29, 0.717) is 47.0 Å². The molecule has 1 unspecified atom stereocenters. The first-order chi connectivity index (χ1) is 18.5. The number of benzene rings is 2. The Balaban J connectivity index is 1.66. The van der Waals surface area contributed by atoms with Crippen LogP contribution >= 0.6 is 30.7 Å². The van der Waals surface area contributed by atoms with Crippen LogP contribution in [0.2, 0.25) is 30.7 Å². The molecule has 2 heterocycles. The number of fused-ring (bicyclic) bond motifs is 1. The zero-order chi connectivity index (χ0) is 28.2. The molecular weight excluding hydrogens is 569 g/mol. The molecule has 0 bridgehead atoms. The van der Waals surface area contributed by atoms with Crippen molar-refractivity contribution in [3.63, 3.8) is 0 Å². The summed E-state index contributed by atoms with van der Waals surface area (Å²) in [5.41, 5.74) is 4.70. The maximum atomic E-state index is 12.8. The molecule has 4 rings (SSSR count). The summed E-state index contributed by atoms with van der Waals surface area (Å²) in [5, 5.41) is 11.4. The summed E-state index contributed by atoms with van der Waals surface area (Å²) in [6, 6.07) is 17.9. The van der Waals surface area contributed by atoms with Gasteiger partial charge in [-0.1, -0.05) is 85.5 Å². The molecule has 11 heteroatoms. The molecule has 0 fully saturated rings. The standard InChI is InChI=1S/C28H35ClN3O4PSSi/c1-6-36-37(2,34)19-38-28-31-27-24(32(28)18-35-15-16-39(3,4)5)17-23(29)26(30-27)21-13-11-20(12-14-21)22-9-7-8-10-25(22)33/h7-14,17,33H,6,15-16,18-19H2,1-5H3. The van der Waals surface area contributed by atoms with Crippen LogP contribution in [0.25, 0.3) is 33.5 Å². The van der Waals surface area contributed by atoms with Gasteiger partial charge < -0.3 is 14.4 Å². The van der Waals surface area contributed by atoms with Gasteiger partial charge in [-0.25, -0.2) is 9.97 Å². The van der Waals surface area contributed by atoms with Crippen LogP contribution in [0.1, 0.15) is 6.92 Å². The van der Waals surface area contributed by atoms with Crippen LogP contribution < -0.4 is 0 Å². The quantitative estimate of drug-likeness (QED) is 0.0752. The van der Waals surface area contributed by atoms with Gasteiger partial charge >= 0.3 is 0 Å². The van der Waals surface area contributed by atoms with Crippen molar-refractivity contribution in [3.05, 3.63) is 59.6 Å². The molecule has 0 aliphatic rings. The minimum atomic E-state index is -2.77. The van der Waals surface area contributed by atoms with Gasteiger partial charge in [-0.2, -0.15) is 0 Å². The molecule has 39 heavy (non-hydrogen) atoms. The highest BCUT2D eigenvalue weighted by Crippen LogP contribution is 2.47. The molecule has 0 radical (unpaired) electrons. The second kappa shape index (κ2) is 12.6. The molecule has 7 nitrogen and oxygen atoms in total. The Morgan fingerprint density at radius 1 is 1.08 bits per heavy atom. The van der Waals surface area contributed by atoms with Crippen molar-refractivity contribution in [3.8, 4) is 28.1 Å². The lowest BCUT2D eigenvalue weighted by Crippen LogP contribution is -2.22. The summed E-state index contributed by atoms with van der Waals surface area (Å²) < 4.78 is 26.2. The highest BCUT2D eigenvalue weighted by molar-refractivity contribution is 8.04. The lowest BCUT2D eigenvalue weighted by atomic mass is 10.0. The average molecular weight is 604 g/mol. The predicted octanol–water partition coefficient (Wildman–Crippen LogP) is 8.43. The number of ether oxygens (including phenoxy) is 1. The third-order valence-electron chi connectivity index (χ3n) is 6.08. The summed E-state index contributed by atoms with van der Waals surface area (Å²) in [6.07, 6.45) is 0. The molecule has 0 saturated heterocycles. The van der Waals surface area contributed by atoms with E-state index in [1.54, 1.807) is 18.8 Å². The van der Waals surface area contributed by atoms with E-state index in [9.17, 15) is 9.67 Å². The maximum Gasteiger partial charge on any atom is 0.210 e. The Morgan fingerprint density at radius 2 is 1.77 bits per heavy atom. The van der Waals surface area contributed by atoms with E-state index in [4.69, 9.17) is 30.8 Å². The molecule has 1 N–H and O–H groups in total. The Labute approximate surface area is 240 Å². The van der Waals surface area contributed by atoms with Gasteiger partial charge in [0, 0.05) is 32.5 Å². The van der Waals surface area contributed by atoms with Crippen LogP contribution in [0, 0.1) is 0 Å². The molecule has 0 saturated carbocycles. The Hall–Kier alpha value is -2.13. The van der Waals surface area contributed by atoms with Crippen molar-refractivity contribution < 1.29 is 18.9 Å². The second-order valence-electron chi connectivity index (χ2n) is 10.6. The van der Waals surface area contributed by atoms with E-state index in [-0.39, 0.29) is 5.75 Å². The summed E-state index contributed by atoms with van der Waals surface area (Å²) in [5.74, 6) is 0.228. The molecular formula is C28H35ClN3O4PSSi. The van der Waals surface area contributed by atoms with Gasteiger partial charge in [0.2, 0.25) is 7.37 Å². The predicted molar refractivity (Wildman–Crippen MR) is 165 cm³/mol. The number of para-hydroxylation sites is 1. The topological polar surface area (TPSA) is 86.5 Å². The van der Waals surface area contributed by atoms with Gasteiger partial charge in [0.1, 0.15) is 12.5 Å². The highest BCUT2D eigenvalue weighted by atomic mass is 35.5. The second-order valence-corrected chi connectivity index (χ2v) is 20.6. The van der Waals surface area contributed by atoms with Crippen LogP contribution in [0.5, 0.6) is 5.75 Å². The summed E-state index contributed by atoms with van der Waals surface area (Å²) in [6.45, 7) is 11.8. The van der Waals surface area contributed by atoms with Gasteiger partial charge in [-0.05, 0) is 30.7 Å². The van der Waals surface area contributed by atoms with E-state index in [2.05, 4.69) is 19.6 Å². The minimum Gasteiger partial charge on any atom is -0.507 e. The first-order valence-corrected chi connectivity index (χ1v) is 20.2. The fourth-order valence-corrected chi connectivity index (χ4v) is 7.70. The number of aromatic hydroxyl groups is 1. The number of hydrogen-bond acceptors (Lipinski definition) is 7. The Bertz CT molecular complexity index is 1490. The fraction of sp³-hybridized carbons (Fsp3) is 0.357. The number of rotatable bonds is 12. The summed E-state index contributed by atoms with van der Waals surface area (Å²) in [4.78, 5) is 9.60. The van der Waals surface area contributed by atoms with Gasteiger partial charge in [0.25, 0.3) is 0 Å². The number of imidazole rings is 1. The lowest BCUT2D eigenvalue weighted by molar-refractivity contribution is 0.0843. The van der Waals surface area contributed by atoms with Crippen LogP contribution in [0.3, 0.4) is 0 Å². The molecule has 0 amide bonds. The molecule has 2 aromatic heterocycles. The Morgan fingerprint density at radius 3 is 2.44 bits per heavy atom. The number of halogens is 1. The minimum absolute atomic E-state index is 0.228. The lowest BCUT2D eigenvalue weighted by Gasteiger charge is -2.17. The first kappa shape index (κ1) is 29.8. The molecule has 4 aromatic rings. The molecule has 2 aromatic carbocycles. The monoisotopic (exact) mass is 603 g/mol. The van der Waals surface area contributed by atoms with Crippen molar-refractivity contribution >= 4 is 50.0 Å². The van der Waals surface area contributed by atoms with Crippen LogP contribution in [0.15, 0.2) is 59.8 Å². The van der Waals surface area contributed by atoms with Crippen molar-refractivity contribution in [1.29, 1.82) is 0 Å². The van der Waals surface area contributed by atoms with Crippen LogP contribution in [0.4, 0.5) is 0 Å². The van der Waals surface area contributed by atoms with Crippen molar-refractivity contribution in [2.75, 3.05) is 25.4 Å². The van der Waals surface area contributed by atoms with Gasteiger partial charge in [0.05, 0.1) is 28.3 Å². The zero-order valence-corrected chi connectivity index (χ0v) is 26.4. The van der Waals surface area contributed by atoms with Crippen LogP contribution in [-0.2, 0) is 20.6 Å². The van der Waals surface area contributed by atoms with Crippen molar-refractivity contribution in [1.82, 2.24) is 14.5 Å². The van der Waals surface area contributed by atoms with Crippen molar-refractivity contribution in [2.45, 2.75) is 44.5 Å². The van der Waals surface area contributed by atoms with Gasteiger partial charge in [0.15, 0.2) is 10.8 Å². The van der Waals surface area contributed by atoms with E-state index in [1.807, 2.05) is 54.0 Å². The average Bonchev–Trinajstić information content (AvgIpc) is 3.21. The molecule has 208 valence electrons. The smallest absolute Gasteiger partial charge is 0.210 e. The number of phenols is 1. The summed E-state index contributed by atoms with van der Waals surface area (Å²) >= 11 is 8.14. The third-order valence-corrected chi connectivity index (χ3v) is 11.8.